The normalized spacial score (nSPS) is 13.1. The minimum absolute atomic E-state index is 0.279. The van der Waals surface area contributed by atoms with E-state index in [1.165, 1.54) is 25.3 Å². The van der Waals surface area contributed by atoms with E-state index in [0.29, 0.717) is 5.76 Å². The molecular formula is C19H21N3O4. The van der Waals surface area contributed by atoms with Crippen LogP contribution >= 0.6 is 0 Å². The fourth-order valence-corrected chi connectivity index (χ4v) is 2.24. The van der Waals surface area contributed by atoms with Gasteiger partial charge in [0.1, 0.15) is 17.8 Å². The molecule has 0 fully saturated rings. The summed E-state index contributed by atoms with van der Waals surface area (Å²) in [7, 11) is 0. The molecule has 1 aromatic carbocycles. The Morgan fingerprint density at radius 2 is 1.85 bits per heavy atom. The van der Waals surface area contributed by atoms with Crippen molar-refractivity contribution >= 4 is 23.8 Å². The Hall–Kier alpha value is -3.35. The number of carbonyl (C=O) groups excluding carboxylic acids is 3. The van der Waals surface area contributed by atoms with Gasteiger partial charge in [0.05, 0.1) is 6.26 Å². The van der Waals surface area contributed by atoms with E-state index < -0.39 is 29.8 Å². The van der Waals surface area contributed by atoms with Gasteiger partial charge in [-0.2, -0.15) is 0 Å². The number of nitrogens with two attached hydrogens (primary N) is 1. The number of hydrogen-bond donors (Lipinski definition) is 3. The lowest BCUT2D eigenvalue weighted by Gasteiger charge is -2.19. The lowest BCUT2D eigenvalue weighted by Crippen LogP contribution is -2.52. The van der Waals surface area contributed by atoms with E-state index in [0.717, 1.165) is 5.56 Å². The van der Waals surface area contributed by atoms with E-state index in [1.54, 1.807) is 12.1 Å². The number of carbonyl (C=O) groups is 3. The number of nitrogens with one attached hydrogen (secondary N) is 2. The summed E-state index contributed by atoms with van der Waals surface area (Å²) in [4.78, 5) is 35.7. The minimum atomic E-state index is -0.858. The Labute approximate surface area is 151 Å². The maximum atomic E-state index is 12.2. The molecule has 0 bridgehead atoms. The number of primary amides is 1. The van der Waals surface area contributed by atoms with Crippen LogP contribution in [-0.2, 0) is 20.8 Å². The van der Waals surface area contributed by atoms with Crippen molar-refractivity contribution in [1.29, 1.82) is 0 Å². The van der Waals surface area contributed by atoms with E-state index in [9.17, 15) is 14.4 Å². The van der Waals surface area contributed by atoms with Gasteiger partial charge in [-0.3, -0.25) is 14.4 Å². The van der Waals surface area contributed by atoms with Crippen LogP contribution in [0.3, 0.4) is 0 Å². The van der Waals surface area contributed by atoms with Gasteiger partial charge in [-0.15, -0.1) is 0 Å². The maximum Gasteiger partial charge on any atom is 0.244 e. The van der Waals surface area contributed by atoms with Crippen LogP contribution in [0.5, 0.6) is 0 Å². The summed E-state index contributed by atoms with van der Waals surface area (Å²) in [6, 6.07) is 10.9. The first-order valence-corrected chi connectivity index (χ1v) is 8.11. The van der Waals surface area contributed by atoms with Gasteiger partial charge in [0.15, 0.2) is 0 Å². The SMILES string of the molecule is CC(NC(=O)/C=C/c1ccco1)C(=O)NC(Cc1ccccc1)C(N)=O. The Morgan fingerprint density at radius 3 is 2.46 bits per heavy atom. The average Bonchev–Trinajstić information content (AvgIpc) is 3.13. The van der Waals surface area contributed by atoms with Crippen LogP contribution in [0.2, 0.25) is 0 Å². The maximum absolute atomic E-state index is 12.2. The third-order valence-electron chi connectivity index (χ3n) is 3.64. The quantitative estimate of drug-likeness (QED) is 0.613. The highest BCUT2D eigenvalue weighted by Crippen LogP contribution is 2.04. The van der Waals surface area contributed by atoms with E-state index in [4.69, 9.17) is 10.2 Å². The summed E-state index contributed by atoms with van der Waals surface area (Å²) >= 11 is 0. The number of amides is 3. The molecule has 0 aliphatic carbocycles. The van der Waals surface area contributed by atoms with Crippen molar-refractivity contribution in [2.45, 2.75) is 25.4 Å². The molecule has 2 unspecified atom stereocenters. The molecule has 26 heavy (non-hydrogen) atoms. The van der Waals surface area contributed by atoms with Gasteiger partial charge in [0, 0.05) is 12.5 Å². The largest absolute Gasteiger partial charge is 0.465 e. The van der Waals surface area contributed by atoms with Crippen molar-refractivity contribution in [2.75, 3.05) is 0 Å². The van der Waals surface area contributed by atoms with Gasteiger partial charge in [0.2, 0.25) is 17.7 Å². The monoisotopic (exact) mass is 355 g/mol. The molecule has 7 heteroatoms. The Morgan fingerprint density at radius 1 is 1.12 bits per heavy atom. The van der Waals surface area contributed by atoms with Gasteiger partial charge in [-0.1, -0.05) is 30.3 Å². The molecule has 4 N–H and O–H groups in total. The summed E-state index contributed by atoms with van der Waals surface area (Å²) < 4.78 is 5.07. The first-order valence-electron chi connectivity index (χ1n) is 8.11. The number of furan rings is 1. The molecule has 2 aromatic rings. The second-order valence-electron chi connectivity index (χ2n) is 5.73. The molecule has 0 radical (unpaired) electrons. The predicted molar refractivity (Wildman–Crippen MR) is 96.6 cm³/mol. The number of hydrogen-bond acceptors (Lipinski definition) is 4. The van der Waals surface area contributed by atoms with Crippen LogP contribution < -0.4 is 16.4 Å². The van der Waals surface area contributed by atoms with Crippen LogP contribution in [0.4, 0.5) is 0 Å². The summed E-state index contributed by atoms with van der Waals surface area (Å²) in [5.74, 6) is -1.07. The molecule has 136 valence electrons. The molecule has 0 aliphatic heterocycles. The van der Waals surface area contributed by atoms with Gasteiger partial charge >= 0.3 is 0 Å². The Kier molecular flexibility index (Phi) is 6.73. The molecule has 7 nitrogen and oxygen atoms in total. The third kappa shape index (κ3) is 5.94. The Bertz CT molecular complexity index is 769. The zero-order valence-electron chi connectivity index (χ0n) is 14.3. The first-order chi connectivity index (χ1) is 12.5. The lowest BCUT2D eigenvalue weighted by atomic mass is 10.1. The summed E-state index contributed by atoms with van der Waals surface area (Å²) in [5.41, 5.74) is 6.24. The van der Waals surface area contributed by atoms with Crippen LogP contribution in [0.1, 0.15) is 18.2 Å². The average molecular weight is 355 g/mol. The predicted octanol–water partition coefficient (Wildman–Crippen LogP) is 1.01. The fraction of sp³-hybridized carbons (Fsp3) is 0.211. The molecule has 0 spiro atoms. The van der Waals surface area contributed by atoms with Crippen molar-refractivity contribution in [3.05, 3.63) is 66.1 Å². The lowest BCUT2D eigenvalue weighted by molar-refractivity contribution is -0.130. The summed E-state index contributed by atoms with van der Waals surface area (Å²) in [6.45, 7) is 1.52. The highest BCUT2D eigenvalue weighted by atomic mass is 16.3. The first kappa shape index (κ1) is 19.0. The van der Waals surface area contributed by atoms with Crippen LogP contribution in [-0.4, -0.2) is 29.8 Å². The Balaban J connectivity index is 1.89. The molecule has 2 atom stereocenters. The highest BCUT2D eigenvalue weighted by molar-refractivity contribution is 5.96. The van der Waals surface area contributed by atoms with Crippen molar-refractivity contribution < 1.29 is 18.8 Å². The van der Waals surface area contributed by atoms with E-state index in [1.807, 2.05) is 30.3 Å². The smallest absolute Gasteiger partial charge is 0.244 e. The highest BCUT2D eigenvalue weighted by Gasteiger charge is 2.22. The van der Waals surface area contributed by atoms with Crippen LogP contribution in [0.15, 0.2) is 59.2 Å². The molecule has 1 aromatic heterocycles. The van der Waals surface area contributed by atoms with Gasteiger partial charge in [0.25, 0.3) is 0 Å². The molecule has 0 aliphatic rings. The second-order valence-corrected chi connectivity index (χ2v) is 5.73. The third-order valence-corrected chi connectivity index (χ3v) is 3.64. The van der Waals surface area contributed by atoms with Crippen molar-refractivity contribution in [3.63, 3.8) is 0 Å². The van der Waals surface area contributed by atoms with Gasteiger partial charge < -0.3 is 20.8 Å². The summed E-state index contributed by atoms with van der Waals surface area (Å²) in [6.07, 6.45) is 4.52. The zero-order valence-corrected chi connectivity index (χ0v) is 14.3. The van der Waals surface area contributed by atoms with Crippen molar-refractivity contribution in [1.82, 2.24) is 10.6 Å². The molecule has 3 amide bonds. The van der Waals surface area contributed by atoms with E-state index in [-0.39, 0.29) is 6.42 Å². The molecule has 2 rings (SSSR count). The molecular weight excluding hydrogens is 334 g/mol. The number of rotatable bonds is 8. The molecule has 1 heterocycles. The van der Waals surface area contributed by atoms with E-state index in [2.05, 4.69) is 10.6 Å². The molecule has 0 saturated carbocycles. The second kappa shape index (κ2) is 9.22. The standard InChI is InChI=1S/C19H21N3O4/c1-13(21-17(23)10-9-15-8-5-11-26-15)19(25)22-16(18(20)24)12-14-6-3-2-4-7-14/h2-11,13,16H,12H2,1H3,(H2,20,24)(H,21,23)(H,22,25)/b10-9+. The van der Waals surface area contributed by atoms with Crippen LogP contribution in [0, 0.1) is 0 Å². The van der Waals surface area contributed by atoms with Crippen LogP contribution in [0.25, 0.3) is 6.08 Å². The minimum Gasteiger partial charge on any atom is -0.465 e. The summed E-state index contributed by atoms with van der Waals surface area (Å²) in [5, 5.41) is 5.09. The van der Waals surface area contributed by atoms with E-state index >= 15 is 0 Å². The van der Waals surface area contributed by atoms with Crippen molar-refractivity contribution in [2.24, 2.45) is 5.73 Å². The number of benzene rings is 1. The van der Waals surface area contributed by atoms with Crippen molar-refractivity contribution in [3.8, 4) is 0 Å². The molecule has 0 saturated heterocycles. The topological polar surface area (TPSA) is 114 Å². The zero-order chi connectivity index (χ0) is 18.9. The fourth-order valence-electron chi connectivity index (χ4n) is 2.24. The van der Waals surface area contributed by atoms with Gasteiger partial charge in [-0.25, -0.2) is 0 Å². The van der Waals surface area contributed by atoms with Gasteiger partial charge in [-0.05, 0) is 30.7 Å².